The van der Waals surface area contributed by atoms with Crippen LogP contribution in [0.5, 0.6) is 0 Å². The molecular formula is C5H11AlCaO4. The largest absolute Gasteiger partial charge is 2.00 e. The predicted octanol–water partition coefficient (Wildman–Crippen LogP) is -1.67. The van der Waals surface area contributed by atoms with E-state index in [1.54, 1.807) is 0 Å². The van der Waals surface area contributed by atoms with Gasteiger partial charge in [0, 0.05) is 13.8 Å². The minimum Gasteiger partial charge on any atom is -1.00 e. The third-order valence-corrected chi connectivity index (χ3v) is 0.524. The van der Waals surface area contributed by atoms with Gasteiger partial charge in [-0.2, -0.15) is 0 Å². The molecule has 0 aliphatic heterocycles. The maximum Gasteiger partial charge on any atom is 2.00 e. The molecule has 0 unspecified atom stereocenters. The van der Waals surface area contributed by atoms with Crippen molar-refractivity contribution in [3.63, 3.8) is 0 Å². The molecule has 4 nitrogen and oxygen atoms in total. The van der Waals surface area contributed by atoms with Crippen LogP contribution in [0.4, 0.5) is 0 Å². The van der Waals surface area contributed by atoms with E-state index >= 15 is 0 Å². The van der Waals surface area contributed by atoms with E-state index in [0.717, 1.165) is 13.8 Å². The Morgan fingerprint density at radius 1 is 1.18 bits per heavy atom. The summed E-state index contributed by atoms with van der Waals surface area (Å²) in [5, 5.41) is 0. The van der Waals surface area contributed by atoms with Crippen molar-refractivity contribution in [1.82, 2.24) is 0 Å². The van der Waals surface area contributed by atoms with Gasteiger partial charge in [-0.1, -0.05) is 0 Å². The summed E-state index contributed by atoms with van der Waals surface area (Å²) in [5.74, 6) is -2.65. The van der Waals surface area contributed by atoms with E-state index in [-0.39, 0.29) is 58.0 Å². The fourth-order valence-electron chi connectivity index (χ4n) is 0.202. The van der Waals surface area contributed by atoms with Crippen molar-refractivity contribution in [3.05, 3.63) is 0 Å². The molecule has 6 heteroatoms. The van der Waals surface area contributed by atoms with Crippen LogP contribution in [0.3, 0.4) is 0 Å². The molecule has 0 heterocycles. The van der Waals surface area contributed by atoms with E-state index < -0.39 is 17.7 Å². The van der Waals surface area contributed by atoms with Crippen LogP contribution < -0.4 is 0 Å². The van der Waals surface area contributed by atoms with Crippen LogP contribution >= 0.6 is 0 Å². The fraction of sp³-hybridized carbons (Fsp3) is 0.400. The Kier molecular flexibility index (Phi) is 13.9. The van der Waals surface area contributed by atoms with E-state index in [2.05, 4.69) is 4.74 Å². The van der Waals surface area contributed by atoms with Crippen LogP contribution in [-0.2, 0) is 19.1 Å². The molecule has 0 spiro atoms. The molecule has 0 radical (unpaired) electrons. The van der Waals surface area contributed by atoms with Gasteiger partial charge >= 0.3 is 49.7 Å². The smallest absolute Gasteiger partial charge is 1.00 e. The number of carbonyl (C=O) groups is 3. The van der Waals surface area contributed by atoms with Gasteiger partial charge in [0.25, 0.3) is 0 Å². The Morgan fingerprint density at radius 3 is 1.64 bits per heavy atom. The Balaban J connectivity index is -0.0000000533. The van der Waals surface area contributed by atoms with Crippen LogP contribution in [0.25, 0.3) is 0 Å². The van der Waals surface area contributed by atoms with Gasteiger partial charge in [0.05, 0.1) is 0 Å². The van der Waals surface area contributed by atoms with Crippen molar-refractivity contribution in [3.8, 4) is 0 Å². The third-order valence-electron chi connectivity index (χ3n) is 0.524. The normalized spacial score (nSPS) is 6.73. The number of hydrogen-bond donors (Lipinski definition) is 0. The molecule has 0 aromatic carbocycles. The van der Waals surface area contributed by atoms with Crippen LogP contribution in [-0.4, -0.2) is 72.8 Å². The first kappa shape index (κ1) is 17.6. The molecule has 11 heavy (non-hydrogen) atoms. The summed E-state index contributed by atoms with van der Waals surface area (Å²) in [6.45, 7) is 2.09. The van der Waals surface area contributed by atoms with Crippen molar-refractivity contribution in [2.75, 3.05) is 0 Å². The summed E-state index contributed by atoms with van der Waals surface area (Å²) in [6.07, 6.45) is 0. The second-order valence-corrected chi connectivity index (χ2v) is 1.44. The third kappa shape index (κ3) is 10.6. The quantitative estimate of drug-likeness (QED) is 0.221. The average Bonchev–Trinajstić information content (AvgIpc) is 1.63. The Labute approximate surface area is 108 Å². The molecule has 0 aliphatic rings. The molecule has 0 rings (SSSR count). The first-order chi connectivity index (χ1) is 4.04. The monoisotopic (exact) mass is 202 g/mol. The number of Topliss-reactive ketones (excluding diaryl/α,β-unsaturated/α-hetero) is 1. The molecule has 0 aromatic rings. The molecule has 0 amide bonds. The van der Waals surface area contributed by atoms with E-state index in [4.69, 9.17) is 0 Å². The summed E-state index contributed by atoms with van der Waals surface area (Å²) in [5.41, 5.74) is 0. The van der Waals surface area contributed by atoms with Crippen LogP contribution in [0.15, 0.2) is 0 Å². The summed E-state index contributed by atoms with van der Waals surface area (Å²) >= 11 is 0. The van der Waals surface area contributed by atoms with Gasteiger partial charge in [-0.25, -0.2) is 4.79 Å². The number of esters is 2. The van der Waals surface area contributed by atoms with E-state index in [9.17, 15) is 14.4 Å². The number of carbonyl (C=O) groups excluding carboxylic acids is 3. The Morgan fingerprint density at radius 2 is 1.55 bits per heavy atom. The van der Waals surface area contributed by atoms with E-state index in [0.29, 0.717) is 0 Å². The first-order valence-corrected chi connectivity index (χ1v) is 2.27. The van der Waals surface area contributed by atoms with Crippen LogP contribution in [0.1, 0.15) is 16.7 Å². The van der Waals surface area contributed by atoms with Gasteiger partial charge in [-0.05, 0) is 0 Å². The fourth-order valence-corrected chi connectivity index (χ4v) is 0.202. The minimum absolute atomic E-state index is 0. The average molecular weight is 202 g/mol. The van der Waals surface area contributed by atoms with Gasteiger partial charge in [-0.15, -0.1) is 0 Å². The van der Waals surface area contributed by atoms with Crippen molar-refractivity contribution in [2.24, 2.45) is 0 Å². The van der Waals surface area contributed by atoms with Gasteiger partial charge < -0.3 is 7.59 Å². The van der Waals surface area contributed by atoms with Crippen molar-refractivity contribution in [2.45, 2.75) is 13.8 Å². The SMILES string of the molecule is CC(=O)OC(=O)C(C)=O.[AlH3].[Ca+2].[H-].[H-]. The Bertz CT molecular complexity index is 176. The number of ether oxygens (including phenoxy) is 1. The predicted molar refractivity (Wildman–Crippen MR) is 45.4 cm³/mol. The summed E-state index contributed by atoms with van der Waals surface area (Å²) < 4.78 is 3.88. The Hall–Kier alpha value is 0.602. The van der Waals surface area contributed by atoms with Crippen LogP contribution in [0.2, 0.25) is 0 Å². The van der Waals surface area contributed by atoms with Crippen molar-refractivity contribution >= 4 is 72.8 Å². The minimum atomic E-state index is -1.11. The molecule has 0 aromatic heterocycles. The molecule has 0 saturated heterocycles. The maximum absolute atomic E-state index is 10.2. The van der Waals surface area contributed by atoms with Gasteiger partial charge in [-0.3, -0.25) is 9.59 Å². The summed E-state index contributed by atoms with van der Waals surface area (Å²) in [6, 6.07) is 0. The molecule has 0 atom stereocenters. The number of ketones is 1. The molecular weight excluding hydrogens is 191 g/mol. The van der Waals surface area contributed by atoms with E-state index in [1.807, 2.05) is 0 Å². The van der Waals surface area contributed by atoms with Gasteiger partial charge in [0.2, 0.25) is 5.78 Å². The van der Waals surface area contributed by atoms with Crippen LogP contribution in [0, 0.1) is 0 Å². The number of hydrogen-bond acceptors (Lipinski definition) is 4. The van der Waals surface area contributed by atoms with Crippen molar-refractivity contribution in [1.29, 1.82) is 0 Å². The van der Waals surface area contributed by atoms with Crippen molar-refractivity contribution < 1.29 is 22.0 Å². The maximum atomic E-state index is 10.2. The molecule has 0 saturated carbocycles. The molecule has 0 fully saturated rings. The van der Waals surface area contributed by atoms with E-state index in [1.165, 1.54) is 0 Å². The van der Waals surface area contributed by atoms with Gasteiger partial charge in [0.1, 0.15) is 0 Å². The second-order valence-electron chi connectivity index (χ2n) is 1.44. The second kappa shape index (κ2) is 8.70. The molecule has 0 aliphatic carbocycles. The molecule has 0 N–H and O–H groups in total. The van der Waals surface area contributed by atoms with Gasteiger partial charge in [0.15, 0.2) is 17.4 Å². The first-order valence-electron chi connectivity index (χ1n) is 2.27. The standard InChI is InChI=1S/C5H6O4.Al.Ca.5H/c1-3(6)5(8)9-4(2)7;;;;;;;/h1-2H3;;;;;;;/q;;+2;;;;2*-1. The summed E-state index contributed by atoms with van der Waals surface area (Å²) in [7, 11) is 0. The number of rotatable bonds is 1. The molecule has 60 valence electrons. The zero-order valence-electron chi connectivity index (χ0n) is 7.84. The molecule has 0 bridgehead atoms. The summed E-state index contributed by atoms with van der Waals surface area (Å²) in [4.78, 5) is 30.2. The topological polar surface area (TPSA) is 60.4 Å². The zero-order valence-corrected chi connectivity index (χ0v) is 8.05. The zero-order chi connectivity index (χ0) is 7.44.